The summed E-state index contributed by atoms with van der Waals surface area (Å²) in [5, 5.41) is 10.2. The Bertz CT molecular complexity index is 819. The van der Waals surface area contributed by atoms with Gasteiger partial charge < -0.3 is 24.1 Å². The summed E-state index contributed by atoms with van der Waals surface area (Å²) in [6.45, 7) is 16.2. The summed E-state index contributed by atoms with van der Waals surface area (Å²) in [4.78, 5) is 38.4. The molecule has 0 spiro atoms. The highest BCUT2D eigenvalue weighted by atomic mass is 16.5. The minimum absolute atomic E-state index is 0.132. The summed E-state index contributed by atoms with van der Waals surface area (Å²) in [5.41, 5.74) is 0.309. The highest BCUT2D eigenvalue weighted by Gasteiger charge is 2.32. The van der Waals surface area contributed by atoms with Crippen LogP contribution in [-0.2, 0) is 16.1 Å². The second-order valence-electron chi connectivity index (χ2n) is 10.4. The average Bonchev–Trinajstić information content (AvgIpc) is 3.33. The molecule has 0 unspecified atom stereocenters. The molecule has 0 aromatic carbocycles. The molecule has 2 fully saturated rings. The second kappa shape index (κ2) is 14.1. The van der Waals surface area contributed by atoms with E-state index in [0.717, 1.165) is 39.0 Å². The number of amides is 2. The number of carbonyl (C=O) groups is 2. The molecular formula is C26H45N5O5. The van der Waals surface area contributed by atoms with Gasteiger partial charge in [-0.25, -0.2) is 4.98 Å². The van der Waals surface area contributed by atoms with Crippen molar-refractivity contribution in [3.63, 3.8) is 0 Å². The molecule has 2 aliphatic heterocycles. The average molecular weight is 508 g/mol. The van der Waals surface area contributed by atoms with E-state index in [9.17, 15) is 14.7 Å². The molecule has 0 aliphatic carbocycles. The Labute approximate surface area is 215 Å². The van der Waals surface area contributed by atoms with Crippen LogP contribution in [0.15, 0.2) is 10.7 Å². The van der Waals surface area contributed by atoms with E-state index in [1.165, 1.54) is 6.26 Å². The third kappa shape index (κ3) is 8.26. The number of hydrogen-bond acceptors (Lipinski definition) is 8. The largest absolute Gasteiger partial charge is 0.447 e. The maximum Gasteiger partial charge on any atom is 0.275 e. The van der Waals surface area contributed by atoms with Crippen LogP contribution in [0.1, 0.15) is 56.9 Å². The van der Waals surface area contributed by atoms with Gasteiger partial charge in [0, 0.05) is 65.5 Å². The predicted octanol–water partition coefficient (Wildman–Crippen LogP) is 1.55. The van der Waals surface area contributed by atoms with E-state index in [1.807, 2.05) is 18.7 Å². The van der Waals surface area contributed by atoms with Crippen molar-refractivity contribution in [2.24, 2.45) is 11.8 Å². The molecule has 1 aromatic rings. The lowest BCUT2D eigenvalue weighted by Gasteiger charge is -2.35. The smallest absolute Gasteiger partial charge is 0.275 e. The molecule has 2 atom stereocenters. The van der Waals surface area contributed by atoms with Crippen LogP contribution in [0.3, 0.4) is 0 Å². The number of ether oxygens (including phenoxy) is 1. The van der Waals surface area contributed by atoms with E-state index in [4.69, 9.17) is 9.15 Å². The van der Waals surface area contributed by atoms with Gasteiger partial charge >= 0.3 is 0 Å². The second-order valence-corrected chi connectivity index (χ2v) is 10.4. The molecule has 1 N–H and O–H groups in total. The number of likely N-dealkylation sites (tertiary alicyclic amines) is 1. The number of oxazole rings is 1. The van der Waals surface area contributed by atoms with Gasteiger partial charge in [-0.15, -0.1) is 0 Å². The Morgan fingerprint density at radius 2 is 1.83 bits per heavy atom. The van der Waals surface area contributed by atoms with Crippen LogP contribution in [0.2, 0.25) is 0 Å². The Morgan fingerprint density at radius 1 is 1.14 bits per heavy atom. The minimum atomic E-state index is -0.479. The molecule has 10 nitrogen and oxygen atoms in total. The molecule has 36 heavy (non-hydrogen) atoms. The number of nitrogens with zero attached hydrogens (tertiary/aromatic N) is 5. The molecule has 2 saturated heterocycles. The van der Waals surface area contributed by atoms with Gasteiger partial charge in [-0.1, -0.05) is 13.8 Å². The van der Waals surface area contributed by atoms with E-state index in [2.05, 4.69) is 28.6 Å². The molecule has 204 valence electrons. The first kappa shape index (κ1) is 28.6. The van der Waals surface area contributed by atoms with Crippen LogP contribution in [0.5, 0.6) is 0 Å². The highest BCUT2D eigenvalue weighted by molar-refractivity contribution is 5.92. The first-order valence-corrected chi connectivity index (χ1v) is 13.5. The van der Waals surface area contributed by atoms with E-state index in [-0.39, 0.29) is 17.7 Å². The topological polar surface area (TPSA) is 103 Å². The van der Waals surface area contributed by atoms with Crippen molar-refractivity contribution < 1.29 is 23.8 Å². The number of rotatable bonds is 12. The van der Waals surface area contributed by atoms with Gasteiger partial charge in [0.15, 0.2) is 5.69 Å². The number of aliphatic hydroxyl groups excluding tert-OH is 1. The third-order valence-electron chi connectivity index (χ3n) is 6.96. The fourth-order valence-corrected chi connectivity index (χ4v) is 4.91. The van der Waals surface area contributed by atoms with Gasteiger partial charge in [0.2, 0.25) is 11.8 Å². The first-order valence-electron chi connectivity index (χ1n) is 13.5. The monoisotopic (exact) mass is 507 g/mol. The van der Waals surface area contributed by atoms with Crippen molar-refractivity contribution in [3.8, 4) is 0 Å². The van der Waals surface area contributed by atoms with Crippen molar-refractivity contribution in [1.82, 2.24) is 24.6 Å². The standard InChI is InChI=1S/C26H45N5O5/c1-5-30(6-2)25(33)21-8-7-9-31(14-21)26(34)23-19-36-24(27-23)16-29-12-10-28(11-13-29)15-22(32)18-35-17-20(3)4/h19-22,32H,5-18H2,1-4H3/t21-,22-/m0/s1. The van der Waals surface area contributed by atoms with E-state index in [0.29, 0.717) is 70.0 Å². The molecule has 0 radical (unpaired) electrons. The van der Waals surface area contributed by atoms with Gasteiger partial charge in [-0.2, -0.15) is 0 Å². The van der Waals surface area contributed by atoms with Gasteiger partial charge in [-0.3, -0.25) is 19.4 Å². The van der Waals surface area contributed by atoms with Gasteiger partial charge in [-0.05, 0) is 32.6 Å². The lowest BCUT2D eigenvalue weighted by atomic mass is 9.96. The molecule has 2 aliphatic rings. The quantitative estimate of drug-likeness (QED) is 0.455. The van der Waals surface area contributed by atoms with Crippen LogP contribution >= 0.6 is 0 Å². The number of aliphatic hydroxyl groups is 1. The Kier molecular flexibility index (Phi) is 11.2. The number of aromatic nitrogens is 1. The predicted molar refractivity (Wildman–Crippen MR) is 136 cm³/mol. The molecule has 2 amide bonds. The number of piperazine rings is 1. The van der Waals surface area contributed by atoms with Gasteiger partial charge in [0.1, 0.15) is 6.26 Å². The molecule has 0 bridgehead atoms. The number of β-amino-alcohol motifs (C(OH)–C–C–N with tert-alkyl or cyclic N) is 1. The number of piperidine rings is 1. The summed E-state index contributed by atoms with van der Waals surface area (Å²) in [7, 11) is 0. The van der Waals surface area contributed by atoms with E-state index >= 15 is 0 Å². The molecule has 1 aromatic heterocycles. The van der Waals surface area contributed by atoms with Crippen LogP contribution < -0.4 is 0 Å². The fourth-order valence-electron chi connectivity index (χ4n) is 4.91. The first-order chi connectivity index (χ1) is 17.3. The Morgan fingerprint density at radius 3 is 2.50 bits per heavy atom. The Balaban J connectivity index is 1.43. The summed E-state index contributed by atoms with van der Waals surface area (Å²) >= 11 is 0. The zero-order valence-corrected chi connectivity index (χ0v) is 22.5. The minimum Gasteiger partial charge on any atom is -0.447 e. The maximum atomic E-state index is 13.1. The van der Waals surface area contributed by atoms with Gasteiger partial charge in [0.05, 0.1) is 25.2 Å². The number of carbonyl (C=O) groups excluding carboxylic acids is 2. The SMILES string of the molecule is CCN(CC)C(=O)[C@H]1CCCN(C(=O)c2coc(CN3CCN(C[C@H](O)COCC(C)C)CC3)n2)C1. The maximum absolute atomic E-state index is 13.1. The summed E-state index contributed by atoms with van der Waals surface area (Å²) in [5.74, 6) is 0.811. The summed E-state index contributed by atoms with van der Waals surface area (Å²) in [6, 6.07) is 0. The molecular weight excluding hydrogens is 462 g/mol. The lowest BCUT2D eigenvalue weighted by Crippen LogP contribution is -2.48. The highest BCUT2D eigenvalue weighted by Crippen LogP contribution is 2.21. The van der Waals surface area contributed by atoms with E-state index < -0.39 is 6.10 Å². The van der Waals surface area contributed by atoms with Crippen molar-refractivity contribution in [3.05, 3.63) is 17.8 Å². The normalized spacial score (nSPS) is 20.6. The summed E-state index contributed by atoms with van der Waals surface area (Å²) < 4.78 is 11.2. The number of hydrogen-bond donors (Lipinski definition) is 1. The van der Waals surface area contributed by atoms with Crippen LogP contribution in [0, 0.1) is 11.8 Å². The zero-order valence-electron chi connectivity index (χ0n) is 22.5. The fraction of sp³-hybridized carbons (Fsp3) is 0.808. The molecule has 3 rings (SSSR count). The lowest BCUT2D eigenvalue weighted by molar-refractivity contribution is -0.136. The Hall–Kier alpha value is -2.01. The van der Waals surface area contributed by atoms with Crippen molar-refractivity contribution in [1.29, 1.82) is 0 Å². The van der Waals surface area contributed by atoms with Crippen molar-refractivity contribution in [2.45, 2.75) is 53.2 Å². The van der Waals surface area contributed by atoms with Crippen LogP contribution in [0.25, 0.3) is 0 Å². The van der Waals surface area contributed by atoms with Crippen molar-refractivity contribution in [2.75, 3.05) is 72.1 Å². The summed E-state index contributed by atoms with van der Waals surface area (Å²) in [6.07, 6.45) is 2.60. The zero-order chi connectivity index (χ0) is 26.1. The molecule has 3 heterocycles. The molecule has 0 saturated carbocycles. The van der Waals surface area contributed by atoms with Crippen LogP contribution in [-0.4, -0.2) is 120 Å². The third-order valence-corrected chi connectivity index (χ3v) is 6.96. The van der Waals surface area contributed by atoms with Crippen molar-refractivity contribution >= 4 is 11.8 Å². The van der Waals surface area contributed by atoms with E-state index in [1.54, 1.807) is 4.90 Å². The van der Waals surface area contributed by atoms with Gasteiger partial charge in [0.25, 0.3) is 5.91 Å². The van der Waals surface area contributed by atoms with Crippen LogP contribution in [0.4, 0.5) is 0 Å². The molecule has 10 heteroatoms.